The Morgan fingerprint density at radius 1 is 0.950 bits per heavy atom. The Labute approximate surface area is 232 Å². The zero-order chi connectivity index (χ0) is 30.6. The largest absolute Gasteiger partial charge is 0.481 e. The molecule has 16 heteroatoms. The minimum Gasteiger partial charge on any atom is -0.481 e. The number of aliphatic carboxylic acids is 2. The Kier molecular flexibility index (Phi) is 13.8. The van der Waals surface area contributed by atoms with E-state index in [1.165, 1.54) is 11.8 Å². The van der Waals surface area contributed by atoms with E-state index in [1.807, 2.05) is 0 Å². The third kappa shape index (κ3) is 11.0. The monoisotopic (exact) mass is 570 g/mol. The second-order valence-electron chi connectivity index (χ2n) is 10.0. The fourth-order valence-corrected chi connectivity index (χ4v) is 4.02. The van der Waals surface area contributed by atoms with Crippen molar-refractivity contribution < 1.29 is 39.0 Å². The Bertz CT molecular complexity index is 969. The molecule has 0 aromatic heterocycles. The highest BCUT2D eigenvalue weighted by molar-refractivity contribution is 5.95. The Hall–Kier alpha value is -3.95. The van der Waals surface area contributed by atoms with Gasteiger partial charge >= 0.3 is 11.9 Å². The van der Waals surface area contributed by atoms with Crippen LogP contribution in [0.5, 0.6) is 0 Å². The van der Waals surface area contributed by atoms with E-state index in [4.69, 9.17) is 22.3 Å². The van der Waals surface area contributed by atoms with Gasteiger partial charge in [0.25, 0.3) is 0 Å². The first-order valence-corrected chi connectivity index (χ1v) is 13.1. The molecule has 0 saturated carbocycles. The second-order valence-corrected chi connectivity index (χ2v) is 10.0. The molecule has 5 atom stereocenters. The highest BCUT2D eigenvalue weighted by atomic mass is 16.4. The van der Waals surface area contributed by atoms with Gasteiger partial charge in [-0.2, -0.15) is 0 Å². The van der Waals surface area contributed by atoms with Crippen molar-refractivity contribution in [3.05, 3.63) is 0 Å². The Morgan fingerprint density at radius 3 is 2.12 bits per heavy atom. The van der Waals surface area contributed by atoms with E-state index in [1.54, 1.807) is 13.8 Å². The number of carboxylic acids is 2. The average Bonchev–Trinajstić information content (AvgIpc) is 3.36. The van der Waals surface area contributed by atoms with Crippen molar-refractivity contribution >= 4 is 41.5 Å². The number of rotatable bonds is 16. The molecule has 1 aliphatic heterocycles. The van der Waals surface area contributed by atoms with Crippen LogP contribution in [-0.4, -0.2) is 99.9 Å². The summed E-state index contributed by atoms with van der Waals surface area (Å²) in [4.78, 5) is 79.2. The van der Waals surface area contributed by atoms with Crippen molar-refractivity contribution in [3.8, 4) is 0 Å². The van der Waals surface area contributed by atoms with E-state index in [-0.39, 0.29) is 43.6 Å². The first kappa shape index (κ1) is 34.1. The molecule has 0 aliphatic carbocycles. The van der Waals surface area contributed by atoms with Crippen molar-refractivity contribution in [1.82, 2.24) is 20.9 Å². The van der Waals surface area contributed by atoms with Crippen LogP contribution in [0.25, 0.3) is 0 Å². The minimum absolute atomic E-state index is 0.0268. The van der Waals surface area contributed by atoms with Crippen LogP contribution >= 0.6 is 0 Å². The predicted molar refractivity (Wildman–Crippen MR) is 143 cm³/mol. The van der Waals surface area contributed by atoms with Gasteiger partial charge in [0.05, 0.1) is 6.04 Å². The van der Waals surface area contributed by atoms with Crippen LogP contribution in [0.1, 0.15) is 59.3 Å². The topological polar surface area (TPSA) is 273 Å². The van der Waals surface area contributed by atoms with Crippen molar-refractivity contribution in [3.63, 3.8) is 0 Å². The lowest BCUT2D eigenvalue weighted by Crippen LogP contribution is -2.57. The molecule has 1 rings (SSSR count). The van der Waals surface area contributed by atoms with Gasteiger partial charge < -0.3 is 48.3 Å². The maximum atomic E-state index is 12.9. The zero-order valence-electron chi connectivity index (χ0n) is 23.1. The predicted octanol–water partition coefficient (Wildman–Crippen LogP) is -2.56. The number of carbonyl (C=O) groups is 6. The van der Waals surface area contributed by atoms with Crippen LogP contribution in [0.2, 0.25) is 0 Å². The maximum Gasteiger partial charge on any atom is 0.326 e. The second kappa shape index (κ2) is 16.2. The number of amides is 4. The summed E-state index contributed by atoms with van der Waals surface area (Å²) in [6, 6.07) is -5.47. The lowest BCUT2D eigenvalue weighted by Gasteiger charge is -2.29. The van der Waals surface area contributed by atoms with Gasteiger partial charge in [-0.05, 0) is 44.9 Å². The molecule has 1 heterocycles. The zero-order valence-corrected chi connectivity index (χ0v) is 23.1. The van der Waals surface area contributed by atoms with Gasteiger partial charge in [-0.25, -0.2) is 4.79 Å². The molecule has 0 aromatic carbocycles. The fraction of sp³-hybridized carbons (Fsp3) is 0.708. The number of likely N-dealkylation sites (tertiary alicyclic amines) is 1. The summed E-state index contributed by atoms with van der Waals surface area (Å²) in [6.07, 6.45) is 0.361. The molecule has 0 unspecified atom stereocenters. The normalized spacial score (nSPS) is 17.7. The summed E-state index contributed by atoms with van der Waals surface area (Å²) in [5.74, 6) is -5.50. The molecule has 1 aliphatic rings. The molecule has 0 radical (unpaired) electrons. The number of nitrogens with two attached hydrogens (primary N) is 3. The number of nitrogens with zero attached hydrogens (tertiary/aromatic N) is 2. The van der Waals surface area contributed by atoms with Gasteiger partial charge in [-0.1, -0.05) is 13.8 Å². The number of guanidine groups is 1. The lowest BCUT2D eigenvalue weighted by atomic mass is 10.0. The molecule has 226 valence electrons. The van der Waals surface area contributed by atoms with Gasteiger partial charge in [0.1, 0.15) is 24.2 Å². The fourth-order valence-electron chi connectivity index (χ4n) is 4.02. The molecule has 4 amide bonds. The van der Waals surface area contributed by atoms with Gasteiger partial charge in [0.15, 0.2) is 5.96 Å². The van der Waals surface area contributed by atoms with Gasteiger partial charge in [0.2, 0.25) is 23.6 Å². The number of nitrogens with one attached hydrogen (secondary N) is 3. The molecule has 0 bridgehead atoms. The van der Waals surface area contributed by atoms with Gasteiger partial charge in [0, 0.05) is 19.5 Å². The summed E-state index contributed by atoms with van der Waals surface area (Å²) in [5.41, 5.74) is 16.4. The highest BCUT2D eigenvalue weighted by Crippen LogP contribution is 2.20. The molecular weight excluding hydrogens is 528 g/mol. The first-order chi connectivity index (χ1) is 18.6. The standard InChI is InChI=1S/C24H42N8O8/c1-12(2)18(25)22(38)32-11-5-7-16(32)21(37)29-13(3)19(35)30-14(8-9-17(33)34)20(36)31-15(23(39)40)6-4-10-28-24(26)27/h12-16,18H,4-11,25H2,1-3H3,(H,29,37)(H,30,35)(H,31,36)(H,33,34)(H,39,40)(H4,26,27,28)/t13-,14-,15-,16-,18-/m0/s1. The Morgan fingerprint density at radius 2 is 1.57 bits per heavy atom. The summed E-state index contributed by atoms with van der Waals surface area (Å²) < 4.78 is 0. The summed E-state index contributed by atoms with van der Waals surface area (Å²) in [5, 5.41) is 25.7. The van der Waals surface area contributed by atoms with E-state index in [9.17, 15) is 33.9 Å². The van der Waals surface area contributed by atoms with E-state index in [0.717, 1.165) is 0 Å². The maximum absolute atomic E-state index is 12.9. The quantitative estimate of drug-likeness (QED) is 0.0543. The van der Waals surface area contributed by atoms with Crippen LogP contribution in [0, 0.1) is 5.92 Å². The van der Waals surface area contributed by atoms with Crippen molar-refractivity contribution in [1.29, 1.82) is 0 Å². The van der Waals surface area contributed by atoms with Gasteiger partial charge in [-0.3, -0.25) is 29.0 Å². The number of aliphatic imine (C=N–C) groups is 1. The van der Waals surface area contributed by atoms with Crippen molar-refractivity contribution in [2.75, 3.05) is 13.1 Å². The van der Waals surface area contributed by atoms with E-state index < -0.39 is 66.3 Å². The van der Waals surface area contributed by atoms with Crippen LogP contribution in [-0.2, 0) is 28.8 Å². The third-order valence-electron chi connectivity index (χ3n) is 6.43. The Balaban J connectivity index is 2.86. The number of hydrogen-bond donors (Lipinski definition) is 8. The van der Waals surface area contributed by atoms with Crippen molar-refractivity contribution in [2.24, 2.45) is 28.1 Å². The van der Waals surface area contributed by atoms with Crippen LogP contribution < -0.4 is 33.2 Å². The molecular formula is C24H42N8O8. The first-order valence-electron chi connectivity index (χ1n) is 13.1. The smallest absolute Gasteiger partial charge is 0.326 e. The van der Waals surface area contributed by atoms with Crippen LogP contribution in [0.3, 0.4) is 0 Å². The van der Waals surface area contributed by atoms with Crippen LogP contribution in [0.4, 0.5) is 0 Å². The number of carboxylic acid groups (broad SMARTS) is 2. The van der Waals surface area contributed by atoms with Crippen molar-refractivity contribution in [2.45, 2.75) is 89.5 Å². The number of hydrogen-bond acceptors (Lipinski definition) is 8. The summed E-state index contributed by atoms with van der Waals surface area (Å²) in [7, 11) is 0. The number of carbonyl (C=O) groups excluding carboxylic acids is 4. The van der Waals surface area contributed by atoms with E-state index in [0.29, 0.717) is 19.4 Å². The van der Waals surface area contributed by atoms with E-state index >= 15 is 0 Å². The van der Waals surface area contributed by atoms with Gasteiger partial charge in [-0.15, -0.1) is 0 Å². The highest BCUT2D eigenvalue weighted by Gasteiger charge is 2.38. The van der Waals surface area contributed by atoms with Crippen LogP contribution in [0.15, 0.2) is 4.99 Å². The van der Waals surface area contributed by atoms with E-state index in [2.05, 4.69) is 20.9 Å². The SMILES string of the molecule is CC(C)[C@H](N)C(=O)N1CCC[C@H]1C(=O)N[C@@H](C)C(=O)N[C@@H](CCC(=O)O)C(=O)N[C@@H](CCCN=C(N)N)C(=O)O. The molecule has 0 aromatic rings. The third-order valence-corrected chi connectivity index (χ3v) is 6.43. The lowest BCUT2D eigenvalue weighted by molar-refractivity contribution is -0.143. The summed E-state index contributed by atoms with van der Waals surface area (Å²) >= 11 is 0. The molecule has 11 N–H and O–H groups in total. The average molecular weight is 571 g/mol. The molecule has 16 nitrogen and oxygen atoms in total. The molecule has 1 saturated heterocycles. The molecule has 40 heavy (non-hydrogen) atoms. The minimum atomic E-state index is -1.39. The summed E-state index contributed by atoms with van der Waals surface area (Å²) in [6.45, 7) is 5.44. The molecule has 0 spiro atoms. The molecule has 1 fully saturated rings.